The van der Waals surface area contributed by atoms with Gasteiger partial charge in [-0.25, -0.2) is 0 Å². The van der Waals surface area contributed by atoms with Gasteiger partial charge in [0.15, 0.2) is 0 Å². The van der Waals surface area contributed by atoms with Crippen molar-refractivity contribution in [1.82, 2.24) is 0 Å². The maximum Gasteiger partial charge on any atom is 0.120 e. The first kappa shape index (κ1) is 12.6. The molecule has 0 aliphatic heterocycles. The molecule has 0 fully saturated rings. The molecule has 0 heterocycles. The molecule has 1 atom stereocenters. The molecule has 0 amide bonds. The molecule has 0 bridgehead atoms. The minimum Gasteiger partial charge on any atom is -0.508 e. The van der Waals surface area contributed by atoms with Gasteiger partial charge in [-0.15, -0.1) is 12.4 Å². The van der Waals surface area contributed by atoms with Gasteiger partial charge in [-0.2, -0.15) is 0 Å². The monoisotopic (exact) mass is 221 g/mol. The maximum atomic E-state index is 9.45. The first-order chi connectivity index (χ1) is 5.52. The van der Waals surface area contributed by atoms with E-state index in [9.17, 15) is 5.11 Å². The number of nitrogens with two attached hydrogens (primary N) is 1. The minimum atomic E-state index is -0.192. The Balaban J connectivity index is 0.00000144. The van der Waals surface area contributed by atoms with Crippen LogP contribution in [0.25, 0.3) is 0 Å². The van der Waals surface area contributed by atoms with Crippen LogP contribution in [0.3, 0.4) is 0 Å². The highest BCUT2D eigenvalue weighted by atomic mass is 35.5. The summed E-state index contributed by atoms with van der Waals surface area (Å²) in [7, 11) is 0. The first-order valence-electron chi connectivity index (χ1n) is 3.77. The molecular formula is C9H13Cl2NO. The maximum absolute atomic E-state index is 9.45. The average molecular weight is 222 g/mol. The SMILES string of the molecule is Cc1cc(O)c(C(C)N)cc1Cl.Cl. The van der Waals surface area contributed by atoms with Crippen LogP contribution in [0.5, 0.6) is 5.75 Å². The van der Waals surface area contributed by atoms with Gasteiger partial charge >= 0.3 is 0 Å². The highest BCUT2D eigenvalue weighted by Crippen LogP contribution is 2.28. The number of phenolic OH excluding ortho intramolecular Hbond substituents is 1. The van der Waals surface area contributed by atoms with Crippen molar-refractivity contribution in [3.63, 3.8) is 0 Å². The lowest BCUT2D eigenvalue weighted by molar-refractivity contribution is 0.463. The van der Waals surface area contributed by atoms with Crippen molar-refractivity contribution in [3.05, 3.63) is 28.3 Å². The first-order valence-corrected chi connectivity index (χ1v) is 4.14. The number of benzene rings is 1. The summed E-state index contributed by atoms with van der Waals surface area (Å²) in [5, 5.41) is 10.1. The summed E-state index contributed by atoms with van der Waals surface area (Å²) in [5.74, 6) is 0.215. The Morgan fingerprint density at radius 2 is 2.00 bits per heavy atom. The lowest BCUT2D eigenvalue weighted by Gasteiger charge is -2.09. The molecule has 0 saturated heterocycles. The van der Waals surface area contributed by atoms with E-state index in [0.29, 0.717) is 10.6 Å². The van der Waals surface area contributed by atoms with Gasteiger partial charge in [0, 0.05) is 16.6 Å². The van der Waals surface area contributed by atoms with Crippen LogP contribution in [0.2, 0.25) is 5.02 Å². The smallest absolute Gasteiger partial charge is 0.120 e. The minimum absolute atomic E-state index is 0. The zero-order chi connectivity index (χ0) is 9.30. The Hall–Kier alpha value is -0.440. The summed E-state index contributed by atoms with van der Waals surface area (Å²) in [6.45, 7) is 3.65. The summed E-state index contributed by atoms with van der Waals surface area (Å²) < 4.78 is 0. The van der Waals surface area contributed by atoms with E-state index in [1.54, 1.807) is 19.1 Å². The highest BCUT2D eigenvalue weighted by Gasteiger charge is 2.08. The molecule has 0 aliphatic carbocycles. The predicted molar refractivity (Wildman–Crippen MR) is 57.7 cm³/mol. The second-order valence-electron chi connectivity index (χ2n) is 2.95. The Morgan fingerprint density at radius 3 is 2.46 bits per heavy atom. The van der Waals surface area contributed by atoms with Crippen molar-refractivity contribution in [2.24, 2.45) is 5.73 Å². The number of aromatic hydroxyl groups is 1. The summed E-state index contributed by atoms with van der Waals surface area (Å²) in [6, 6.07) is 3.14. The lowest BCUT2D eigenvalue weighted by Crippen LogP contribution is -2.05. The molecule has 1 aromatic rings. The van der Waals surface area contributed by atoms with Crippen LogP contribution in [0, 0.1) is 6.92 Å². The van der Waals surface area contributed by atoms with Crippen molar-refractivity contribution in [1.29, 1.82) is 0 Å². The third-order valence-corrected chi connectivity index (χ3v) is 2.21. The van der Waals surface area contributed by atoms with E-state index in [4.69, 9.17) is 17.3 Å². The van der Waals surface area contributed by atoms with Crippen molar-refractivity contribution < 1.29 is 5.11 Å². The number of phenols is 1. The Labute approximate surface area is 89.1 Å². The number of hydrogen-bond acceptors (Lipinski definition) is 2. The lowest BCUT2D eigenvalue weighted by atomic mass is 10.1. The Kier molecular flexibility index (Phi) is 4.54. The second-order valence-corrected chi connectivity index (χ2v) is 3.36. The molecule has 2 nitrogen and oxygen atoms in total. The van der Waals surface area contributed by atoms with Crippen LogP contribution in [0.15, 0.2) is 12.1 Å². The van der Waals surface area contributed by atoms with Crippen molar-refractivity contribution in [2.45, 2.75) is 19.9 Å². The van der Waals surface area contributed by atoms with Crippen LogP contribution in [0.1, 0.15) is 24.1 Å². The van der Waals surface area contributed by atoms with E-state index < -0.39 is 0 Å². The molecule has 0 radical (unpaired) electrons. The zero-order valence-corrected chi connectivity index (χ0v) is 9.12. The van der Waals surface area contributed by atoms with E-state index in [1.165, 1.54) is 0 Å². The third kappa shape index (κ3) is 2.76. The number of aryl methyl sites for hydroxylation is 1. The normalized spacial score (nSPS) is 12.0. The van der Waals surface area contributed by atoms with Crippen LogP contribution >= 0.6 is 24.0 Å². The summed E-state index contributed by atoms with van der Waals surface area (Å²) in [6.07, 6.45) is 0. The molecule has 3 N–H and O–H groups in total. The molecule has 0 spiro atoms. The quantitative estimate of drug-likeness (QED) is 0.767. The topological polar surface area (TPSA) is 46.2 Å². The number of hydrogen-bond donors (Lipinski definition) is 2. The van der Waals surface area contributed by atoms with Gasteiger partial charge in [-0.3, -0.25) is 0 Å². The number of halogens is 2. The molecule has 1 aromatic carbocycles. The van der Waals surface area contributed by atoms with Gasteiger partial charge < -0.3 is 10.8 Å². The fourth-order valence-electron chi connectivity index (χ4n) is 1.05. The summed E-state index contributed by atoms with van der Waals surface area (Å²) in [4.78, 5) is 0. The molecule has 1 unspecified atom stereocenters. The van der Waals surface area contributed by atoms with E-state index in [-0.39, 0.29) is 24.2 Å². The molecule has 4 heteroatoms. The van der Waals surface area contributed by atoms with Crippen molar-refractivity contribution >= 4 is 24.0 Å². The van der Waals surface area contributed by atoms with E-state index in [0.717, 1.165) is 5.56 Å². The second kappa shape index (κ2) is 4.70. The van der Waals surface area contributed by atoms with Gasteiger partial charge in [0.2, 0.25) is 0 Å². The zero-order valence-electron chi connectivity index (χ0n) is 7.54. The Bertz CT molecular complexity index is 300. The Morgan fingerprint density at radius 1 is 1.46 bits per heavy atom. The molecule has 0 aromatic heterocycles. The molecule has 0 aliphatic rings. The molecule has 13 heavy (non-hydrogen) atoms. The summed E-state index contributed by atoms with van der Waals surface area (Å²) in [5.41, 5.74) is 7.16. The average Bonchev–Trinajstić information content (AvgIpc) is 1.96. The van der Waals surface area contributed by atoms with E-state index in [1.807, 2.05) is 6.92 Å². The van der Waals surface area contributed by atoms with Gasteiger partial charge in [0.1, 0.15) is 5.75 Å². The summed E-state index contributed by atoms with van der Waals surface area (Å²) >= 11 is 5.86. The number of rotatable bonds is 1. The molecular weight excluding hydrogens is 209 g/mol. The standard InChI is InChI=1S/C9H12ClNO.ClH/c1-5-3-9(12)7(6(2)11)4-8(5)10;/h3-4,6,12H,11H2,1-2H3;1H. The van der Waals surface area contributed by atoms with Crippen LogP contribution < -0.4 is 5.73 Å². The van der Waals surface area contributed by atoms with Gasteiger partial charge in [-0.05, 0) is 31.5 Å². The van der Waals surface area contributed by atoms with Crippen LogP contribution in [-0.2, 0) is 0 Å². The fraction of sp³-hybridized carbons (Fsp3) is 0.333. The predicted octanol–water partition coefficient (Wildman–Crippen LogP) is 2.80. The van der Waals surface area contributed by atoms with E-state index in [2.05, 4.69) is 0 Å². The van der Waals surface area contributed by atoms with Gasteiger partial charge in [0.05, 0.1) is 0 Å². The van der Waals surface area contributed by atoms with Crippen LogP contribution in [0.4, 0.5) is 0 Å². The van der Waals surface area contributed by atoms with Crippen molar-refractivity contribution in [2.75, 3.05) is 0 Å². The van der Waals surface area contributed by atoms with Gasteiger partial charge in [0.25, 0.3) is 0 Å². The van der Waals surface area contributed by atoms with Gasteiger partial charge in [-0.1, -0.05) is 11.6 Å². The highest BCUT2D eigenvalue weighted by molar-refractivity contribution is 6.31. The van der Waals surface area contributed by atoms with Crippen molar-refractivity contribution in [3.8, 4) is 5.75 Å². The fourth-order valence-corrected chi connectivity index (χ4v) is 1.22. The molecule has 74 valence electrons. The molecule has 1 rings (SSSR count). The molecule has 0 saturated carbocycles. The third-order valence-electron chi connectivity index (χ3n) is 1.80. The van der Waals surface area contributed by atoms with Crippen LogP contribution in [-0.4, -0.2) is 5.11 Å². The largest absolute Gasteiger partial charge is 0.508 e. The van der Waals surface area contributed by atoms with E-state index >= 15 is 0 Å².